The van der Waals surface area contributed by atoms with Crippen LogP contribution in [0.4, 0.5) is 0 Å². The van der Waals surface area contributed by atoms with Crippen LogP contribution in [0.3, 0.4) is 0 Å². The Bertz CT molecular complexity index is 109. The molecule has 1 rings (SSSR count). The number of ether oxygens (including phenoxy) is 1. The van der Waals surface area contributed by atoms with Crippen LogP contribution < -0.4 is 0 Å². The monoisotopic (exact) mass is 150 g/mol. The van der Waals surface area contributed by atoms with Gasteiger partial charge < -0.3 is 8.92 Å². The highest BCUT2D eigenvalue weighted by Gasteiger charge is 2.13. The summed E-state index contributed by atoms with van der Waals surface area (Å²) in [5, 5.41) is 0. The average molecular weight is 150 g/mol. The third-order valence-corrected chi connectivity index (χ3v) is 2.65. The van der Waals surface area contributed by atoms with Gasteiger partial charge in [0, 0.05) is 12.7 Å². The summed E-state index contributed by atoms with van der Waals surface area (Å²) >= 11 is -0.556. The molecule has 0 aromatic rings. The smallest absolute Gasteiger partial charge is 0.312 e. The zero-order valence-corrected chi connectivity index (χ0v) is 6.19. The fraction of sp³-hybridized carbons (Fsp3) is 0.800. The maximum atomic E-state index is 10.3. The van der Waals surface area contributed by atoms with E-state index in [9.17, 15) is 4.79 Å². The molecule has 0 spiro atoms. The first-order valence-corrected chi connectivity index (χ1v) is 4.43. The Hall–Kier alpha value is -0.220. The Kier molecular flexibility index (Phi) is 2.36. The summed E-state index contributed by atoms with van der Waals surface area (Å²) in [6.07, 6.45) is 0. The average Bonchev–Trinajstić information content (AvgIpc) is 2.15. The van der Waals surface area contributed by atoms with Crippen molar-refractivity contribution in [2.75, 3.05) is 18.3 Å². The summed E-state index contributed by atoms with van der Waals surface area (Å²) < 4.78 is 9.92. The van der Waals surface area contributed by atoms with Crippen LogP contribution in [0.25, 0.3) is 0 Å². The van der Waals surface area contributed by atoms with E-state index in [1.54, 1.807) is 0 Å². The van der Waals surface area contributed by atoms with Crippen LogP contribution in [0, 0.1) is 0 Å². The van der Waals surface area contributed by atoms with Crippen molar-refractivity contribution >= 4 is 17.1 Å². The maximum absolute atomic E-state index is 10.3. The van der Waals surface area contributed by atoms with Crippen molar-refractivity contribution in [2.24, 2.45) is 0 Å². The molecule has 0 bridgehead atoms. The molecule has 9 heavy (non-hydrogen) atoms. The van der Waals surface area contributed by atoms with Crippen LogP contribution in [0.15, 0.2) is 0 Å². The maximum Gasteiger partial charge on any atom is 0.312 e. The molecule has 1 saturated heterocycles. The van der Waals surface area contributed by atoms with Crippen molar-refractivity contribution in [1.82, 2.24) is 0 Å². The first kappa shape index (κ1) is 6.89. The van der Waals surface area contributed by atoms with Gasteiger partial charge in [-0.1, -0.05) is 11.2 Å². The highest BCUT2D eigenvalue weighted by Crippen LogP contribution is 2.30. The van der Waals surface area contributed by atoms with E-state index in [-0.39, 0.29) is 5.97 Å². The molecule has 0 amide bonds. The second-order valence-electron chi connectivity index (χ2n) is 1.83. The van der Waals surface area contributed by atoms with Gasteiger partial charge in [0.15, 0.2) is 0 Å². The van der Waals surface area contributed by atoms with Crippen molar-refractivity contribution < 1.29 is 13.7 Å². The summed E-state index contributed by atoms with van der Waals surface area (Å²) in [5.41, 5.74) is 0. The van der Waals surface area contributed by atoms with Crippen LogP contribution in [0.1, 0.15) is 6.92 Å². The van der Waals surface area contributed by atoms with Crippen LogP contribution in [-0.2, 0) is 13.7 Å². The van der Waals surface area contributed by atoms with E-state index >= 15 is 0 Å². The first-order chi connectivity index (χ1) is 4.29. The Morgan fingerprint density at radius 2 is 2.56 bits per heavy atom. The molecule has 1 fully saturated rings. The Balaban J connectivity index is 2.19. The van der Waals surface area contributed by atoms with Gasteiger partial charge in [-0.05, 0) is 0 Å². The lowest BCUT2D eigenvalue weighted by atomic mass is 10.9. The lowest BCUT2D eigenvalue weighted by Crippen LogP contribution is -1.97. The van der Waals surface area contributed by atoms with E-state index in [1.807, 2.05) is 0 Å². The van der Waals surface area contributed by atoms with Crippen molar-refractivity contribution in [3.8, 4) is 0 Å². The third kappa shape index (κ3) is 2.24. The fourth-order valence-electron chi connectivity index (χ4n) is 0.651. The number of hydrogen-bond acceptors (Lipinski definition) is 3. The largest absolute Gasteiger partial charge is 0.416 e. The summed E-state index contributed by atoms with van der Waals surface area (Å²) in [5.74, 6) is 1.36. The molecule has 0 radical (unpaired) electrons. The zero-order chi connectivity index (χ0) is 6.69. The molecule has 1 unspecified atom stereocenters. The third-order valence-electron chi connectivity index (χ3n) is 0.978. The normalized spacial score (nSPS) is 30.1. The van der Waals surface area contributed by atoms with Gasteiger partial charge >= 0.3 is 5.97 Å². The minimum atomic E-state index is -0.556. The van der Waals surface area contributed by atoms with E-state index < -0.39 is 11.2 Å². The number of thiol groups is 1. The summed E-state index contributed by atoms with van der Waals surface area (Å²) in [4.78, 5) is 10.3. The molecule has 1 atom stereocenters. The van der Waals surface area contributed by atoms with Crippen LogP contribution >= 0.6 is 11.2 Å². The molecule has 4 heteroatoms. The van der Waals surface area contributed by atoms with Gasteiger partial charge in [0.2, 0.25) is 0 Å². The van der Waals surface area contributed by atoms with Gasteiger partial charge in [0.05, 0.1) is 6.61 Å². The molecule has 0 aliphatic carbocycles. The number of carbonyl (C=O) groups excluding carboxylic acids is 1. The summed E-state index contributed by atoms with van der Waals surface area (Å²) in [7, 11) is 0. The molecule has 1 heterocycles. The molecular formula is C5H10O3S. The van der Waals surface area contributed by atoms with Crippen molar-refractivity contribution in [3.05, 3.63) is 0 Å². The van der Waals surface area contributed by atoms with Crippen molar-refractivity contribution in [2.45, 2.75) is 6.92 Å². The number of hydrogen-bond donors (Lipinski definition) is 1. The molecular weight excluding hydrogens is 140 g/mol. The predicted octanol–water partition coefficient (Wildman–Crippen LogP) is 0.453. The second kappa shape index (κ2) is 3.08. The van der Waals surface area contributed by atoms with Gasteiger partial charge in [-0.3, -0.25) is 4.79 Å². The number of rotatable bonds is 1. The minimum absolute atomic E-state index is 0.188. The SMILES string of the molecule is CC(=O)O[SH]1CCOC1. The Morgan fingerprint density at radius 1 is 1.78 bits per heavy atom. The topological polar surface area (TPSA) is 35.5 Å². The Labute approximate surface area is 56.9 Å². The fourth-order valence-corrected chi connectivity index (χ4v) is 1.95. The van der Waals surface area contributed by atoms with Gasteiger partial charge in [-0.15, -0.1) is 0 Å². The van der Waals surface area contributed by atoms with E-state index in [2.05, 4.69) is 0 Å². The van der Waals surface area contributed by atoms with Gasteiger partial charge in [-0.25, -0.2) is 0 Å². The predicted molar refractivity (Wildman–Crippen MR) is 36.4 cm³/mol. The first-order valence-electron chi connectivity index (χ1n) is 2.80. The molecule has 0 aromatic carbocycles. The van der Waals surface area contributed by atoms with E-state index in [0.717, 1.165) is 12.4 Å². The van der Waals surface area contributed by atoms with Crippen LogP contribution in [-0.4, -0.2) is 24.3 Å². The molecule has 0 aromatic heterocycles. The molecule has 0 saturated carbocycles. The molecule has 54 valence electrons. The highest BCUT2D eigenvalue weighted by atomic mass is 32.2. The van der Waals surface area contributed by atoms with Gasteiger partial charge in [-0.2, -0.15) is 0 Å². The minimum Gasteiger partial charge on any atom is -0.416 e. The van der Waals surface area contributed by atoms with Gasteiger partial charge in [0.1, 0.15) is 5.94 Å². The zero-order valence-electron chi connectivity index (χ0n) is 5.29. The second-order valence-corrected chi connectivity index (χ2v) is 3.68. The lowest BCUT2D eigenvalue weighted by Gasteiger charge is -2.10. The van der Waals surface area contributed by atoms with E-state index in [1.165, 1.54) is 6.92 Å². The summed E-state index contributed by atoms with van der Waals surface area (Å²) in [6.45, 7) is 2.18. The quantitative estimate of drug-likeness (QED) is 0.551. The lowest BCUT2D eigenvalue weighted by molar-refractivity contribution is -0.130. The summed E-state index contributed by atoms with van der Waals surface area (Å²) in [6, 6.07) is 0. The Morgan fingerprint density at radius 3 is 3.00 bits per heavy atom. The van der Waals surface area contributed by atoms with Crippen molar-refractivity contribution in [3.63, 3.8) is 0 Å². The number of carbonyl (C=O) groups is 1. The molecule has 3 nitrogen and oxygen atoms in total. The van der Waals surface area contributed by atoms with Gasteiger partial charge in [0.25, 0.3) is 0 Å². The van der Waals surface area contributed by atoms with E-state index in [0.29, 0.717) is 5.94 Å². The van der Waals surface area contributed by atoms with E-state index in [4.69, 9.17) is 8.92 Å². The van der Waals surface area contributed by atoms with Crippen LogP contribution in [0.5, 0.6) is 0 Å². The molecule has 0 N–H and O–H groups in total. The van der Waals surface area contributed by atoms with Crippen LogP contribution in [0.2, 0.25) is 0 Å². The van der Waals surface area contributed by atoms with Crippen molar-refractivity contribution in [1.29, 1.82) is 0 Å². The molecule has 1 aliphatic heterocycles. The standard InChI is InChI=1S/C5H10O3S/c1-5(6)8-9-3-2-7-4-9/h9H,2-4H2,1H3. The molecule has 1 aliphatic rings. The highest BCUT2D eigenvalue weighted by molar-refractivity contribution is 8.13.